The molecule has 6 heteroatoms. The summed E-state index contributed by atoms with van der Waals surface area (Å²) in [4.78, 5) is 11.0. The zero-order valence-electron chi connectivity index (χ0n) is 8.68. The Morgan fingerprint density at radius 3 is 2.94 bits per heavy atom. The summed E-state index contributed by atoms with van der Waals surface area (Å²) in [6.07, 6.45) is 1.15. The topological polar surface area (TPSA) is 89.4 Å². The fourth-order valence-corrected chi connectivity index (χ4v) is 1.82. The number of carboxylic acid groups (broad SMARTS) is 1. The smallest absolute Gasteiger partial charge is 0.341 e. The number of benzene rings is 1. The Balaban J connectivity index is 2.64. The third-order valence-electron chi connectivity index (χ3n) is 2.37. The number of hydrogen-bond acceptors (Lipinski definition) is 4. The molecule has 0 saturated heterocycles. The fourth-order valence-electron chi connectivity index (χ4n) is 1.57. The molecule has 0 atom stereocenters. The van der Waals surface area contributed by atoms with Crippen molar-refractivity contribution in [1.82, 2.24) is 5.16 Å². The molecule has 0 aliphatic heterocycles. The molecule has 1 aromatic heterocycles. The lowest BCUT2D eigenvalue weighted by atomic mass is 10.0. The average molecular weight is 253 g/mol. The Labute approximate surface area is 102 Å². The maximum atomic E-state index is 11.0. The van der Waals surface area contributed by atoms with Crippen molar-refractivity contribution in [2.45, 2.75) is 6.54 Å². The van der Waals surface area contributed by atoms with Crippen LogP contribution in [0.5, 0.6) is 0 Å². The monoisotopic (exact) mass is 252 g/mol. The Morgan fingerprint density at radius 2 is 2.29 bits per heavy atom. The molecule has 0 bridgehead atoms. The van der Waals surface area contributed by atoms with Crippen LogP contribution in [-0.2, 0) is 6.54 Å². The summed E-state index contributed by atoms with van der Waals surface area (Å²) in [5, 5.41) is 12.9. The Hall–Kier alpha value is -1.85. The van der Waals surface area contributed by atoms with Gasteiger partial charge in [-0.15, -0.1) is 0 Å². The summed E-state index contributed by atoms with van der Waals surface area (Å²) >= 11 is 5.99. The van der Waals surface area contributed by atoms with E-state index in [0.717, 1.165) is 6.20 Å². The maximum Gasteiger partial charge on any atom is 0.341 e. The van der Waals surface area contributed by atoms with E-state index in [0.29, 0.717) is 16.1 Å². The molecule has 88 valence electrons. The molecule has 2 rings (SSSR count). The third-order valence-corrected chi connectivity index (χ3v) is 2.72. The molecule has 1 heterocycles. The Kier molecular flexibility index (Phi) is 3.12. The standard InChI is InChI=1S/C11H9ClN2O3/c12-9-3-1-2-6(7(9)4-13)10-8(11(15)16)5-14-17-10/h1-3,5H,4,13H2,(H,15,16). The summed E-state index contributed by atoms with van der Waals surface area (Å²) in [6, 6.07) is 5.08. The highest BCUT2D eigenvalue weighted by Gasteiger charge is 2.19. The van der Waals surface area contributed by atoms with Crippen LogP contribution in [0.3, 0.4) is 0 Å². The van der Waals surface area contributed by atoms with Gasteiger partial charge < -0.3 is 15.4 Å². The predicted molar refractivity (Wildman–Crippen MR) is 61.8 cm³/mol. The Morgan fingerprint density at radius 1 is 1.53 bits per heavy atom. The molecule has 0 saturated carbocycles. The fraction of sp³-hybridized carbons (Fsp3) is 0.0909. The van der Waals surface area contributed by atoms with E-state index in [2.05, 4.69) is 5.16 Å². The van der Waals surface area contributed by atoms with Gasteiger partial charge in [-0.1, -0.05) is 28.9 Å². The van der Waals surface area contributed by atoms with Crippen molar-refractivity contribution in [2.75, 3.05) is 0 Å². The van der Waals surface area contributed by atoms with Gasteiger partial charge in [-0.05, 0) is 11.6 Å². The van der Waals surface area contributed by atoms with E-state index in [4.69, 9.17) is 27.0 Å². The number of aromatic carboxylic acids is 1. The van der Waals surface area contributed by atoms with Crippen LogP contribution < -0.4 is 5.73 Å². The highest BCUT2D eigenvalue weighted by molar-refractivity contribution is 6.31. The zero-order chi connectivity index (χ0) is 12.4. The second-order valence-corrected chi connectivity index (χ2v) is 3.75. The van der Waals surface area contributed by atoms with Crippen LogP contribution in [-0.4, -0.2) is 16.2 Å². The first-order chi connectivity index (χ1) is 8.15. The van der Waals surface area contributed by atoms with E-state index in [1.54, 1.807) is 18.2 Å². The molecule has 1 aromatic carbocycles. The second-order valence-electron chi connectivity index (χ2n) is 3.34. The van der Waals surface area contributed by atoms with Crippen LogP contribution in [0.15, 0.2) is 28.9 Å². The molecule has 0 spiro atoms. The molecular weight excluding hydrogens is 244 g/mol. The van der Waals surface area contributed by atoms with Gasteiger partial charge in [-0.25, -0.2) is 4.79 Å². The van der Waals surface area contributed by atoms with Crippen molar-refractivity contribution in [2.24, 2.45) is 5.73 Å². The molecular formula is C11H9ClN2O3. The van der Waals surface area contributed by atoms with Gasteiger partial charge in [0.1, 0.15) is 5.56 Å². The lowest BCUT2D eigenvalue weighted by Gasteiger charge is -2.07. The molecule has 2 aromatic rings. The lowest BCUT2D eigenvalue weighted by molar-refractivity contribution is 0.0697. The van der Waals surface area contributed by atoms with Crippen molar-refractivity contribution < 1.29 is 14.4 Å². The molecule has 0 unspecified atom stereocenters. The molecule has 17 heavy (non-hydrogen) atoms. The highest BCUT2D eigenvalue weighted by atomic mass is 35.5. The second kappa shape index (κ2) is 4.57. The predicted octanol–water partition coefficient (Wildman–Crippen LogP) is 2.15. The van der Waals surface area contributed by atoms with Gasteiger partial charge in [-0.3, -0.25) is 0 Å². The molecule has 0 radical (unpaired) electrons. The molecule has 5 nitrogen and oxygen atoms in total. The highest BCUT2D eigenvalue weighted by Crippen LogP contribution is 2.31. The molecule has 0 amide bonds. The van der Waals surface area contributed by atoms with E-state index in [1.165, 1.54) is 0 Å². The van der Waals surface area contributed by atoms with Crippen molar-refractivity contribution >= 4 is 17.6 Å². The normalized spacial score (nSPS) is 10.5. The number of nitrogens with two attached hydrogens (primary N) is 1. The average Bonchev–Trinajstić information content (AvgIpc) is 2.77. The van der Waals surface area contributed by atoms with Gasteiger partial charge in [0.05, 0.1) is 6.20 Å². The van der Waals surface area contributed by atoms with E-state index in [9.17, 15) is 4.79 Å². The quantitative estimate of drug-likeness (QED) is 0.874. The number of halogens is 1. The number of rotatable bonds is 3. The van der Waals surface area contributed by atoms with E-state index in [1.807, 2.05) is 0 Å². The summed E-state index contributed by atoms with van der Waals surface area (Å²) in [5.41, 5.74) is 6.76. The first-order valence-corrected chi connectivity index (χ1v) is 5.18. The van der Waals surface area contributed by atoms with E-state index < -0.39 is 5.97 Å². The summed E-state index contributed by atoms with van der Waals surface area (Å²) in [6.45, 7) is 0.189. The van der Waals surface area contributed by atoms with Gasteiger partial charge in [0.15, 0.2) is 5.76 Å². The van der Waals surface area contributed by atoms with Crippen LogP contribution >= 0.6 is 11.6 Å². The number of carboxylic acids is 1. The maximum absolute atomic E-state index is 11.0. The number of carbonyl (C=O) groups is 1. The number of aromatic nitrogens is 1. The first-order valence-electron chi connectivity index (χ1n) is 4.81. The van der Waals surface area contributed by atoms with E-state index in [-0.39, 0.29) is 17.9 Å². The van der Waals surface area contributed by atoms with Crippen molar-refractivity contribution in [1.29, 1.82) is 0 Å². The minimum Gasteiger partial charge on any atom is -0.477 e. The van der Waals surface area contributed by atoms with Crippen LogP contribution in [0.25, 0.3) is 11.3 Å². The van der Waals surface area contributed by atoms with Gasteiger partial charge in [0, 0.05) is 17.1 Å². The van der Waals surface area contributed by atoms with Crippen molar-refractivity contribution in [3.8, 4) is 11.3 Å². The minimum atomic E-state index is -1.11. The first kappa shape index (κ1) is 11.6. The summed E-state index contributed by atoms with van der Waals surface area (Å²) in [7, 11) is 0. The van der Waals surface area contributed by atoms with Crippen LogP contribution in [0.1, 0.15) is 15.9 Å². The van der Waals surface area contributed by atoms with Crippen molar-refractivity contribution in [3.63, 3.8) is 0 Å². The number of nitrogens with zero attached hydrogens (tertiary/aromatic N) is 1. The summed E-state index contributed by atoms with van der Waals surface area (Å²) in [5.74, 6) is -0.940. The van der Waals surface area contributed by atoms with Crippen LogP contribution in [0.4, 0.5) is 0 Å². The van der Waals surface area contributed by atoms with Gasteiger partial charge in [-0.2, -0.15) is 0 Å². The lowest BCUT2D eigenvalue weighted by Crippen LogP contribution is -2.02. The zero-order valence-corrected chi connectivity index (χ0v) is 9.44. The van der Waals surface area contributed by atoms with Crippen molar-refractivity contribution in [3.05, 3.63) is 40.5 Å². The molecule has 3 N–H and O–H groups in total. The van der Waals surface area contributed by atoms with Crippen LogP contribution in [0.2, 0.25) is 5.02 Å². The van der Waals surface area contributed by atoms with Gasteiger partial charge >= 0.3 is 5.97 Å². The molecule has 0 fully saturated rings. The minimum absolute atomic E-state index is 0.0121. The SMILES string of the molecule is NCc1c(Cl)cccc1-c1oncc1C(=O)O. The third kappa shape index (κ3) is 2.02. The van der Waals surface area contributed by atoms with Crippen LogP contribution in [0, 0.1) is 0 Å². The molecule has 0 aliphatic rings. The summed E-state index contributed by atoms with van der Waals surface area (Å²) < 4.78 is 4.96. The molecule has 0 aliphatic carbocycles. The van der Waals surface area contributed by atoms with Gasteiger partial charge in [0.2, 0.25) is 0 Å². The van der Waals surface area contributed by atoms with Gasteiger partial charge in [0.25, 0.3) is 0 Å². The number of hydrogen-bond donors (Lipinski definition) is 2. The van der Waals surface area contributed by atoms with E-state index >= 15 is 0 Å². The largest absolute Gasteiger partial charge is 0.477 e. The Bertz CT molecular complexity index is 566.